The number of amidine groups is 1. The first-order valence-corrected chi connectivity index (χ1v) is 8.68. The van der Waals surface area contributed by atoms with Crippen LogP contribution in [0.1, 0.15) is 58.3 Å². The fraction of sp³-hybridized carbons (Fsp3) is 0.933. The maximum atomic E-state index is 4.91. The van der Waals surface area contributed by atoms with Crippen LogP contribution in [0, 0.1) is 11.3 Å². The molecule has 0 aromatic carbocycles. The third-order valence-corrected chi connectivity index (χ3v) is 6.18. The largest absolute Gasteiger partial charge is 0.362 e. The van der Waals surface area contributed by atoms with E-state index in [1.54, 1.807) is 0 Å². The van der Waals surface area contributed by atoms with E-state index in [-0.39, 0.29) is 0 Å². The molecule has 2 atom stereocenters. The van der Waals surface area contributed by atoms with Gasteiger partial charge in [0, 0.05) is 18.3 Å². The van der Waals surface area contributed by atoms with Gasteiger partial charge in [-0.15, -0.1) is 0 Å². The van der Waals surface area contributed by atoms with Crippen molar-refractivity contribution in [2.24, 2.45) is 16.3 Å². The molecule has 18 heavy (non-hydrogen) atoms. The van der Waals surface area contributed by atoms with Crippen LogP contribution in [0.5, 0.6) is 0 Å². The Bertz CT molecular complexity index is 320. The molecule has 2 saturated carbocycles. The first-order valence-electron chi connectivity index (χ1n) is 7.69. The lowest BCUT2D eigenvalue weighted by atomic mass is 9.76. The highest BCUT2D eigenvalue weighted by atomic mass is 32.2. The molecule has 0 spiro atoms. The molecule has 2 unspecified atom stereocenters. The molecule has 0 aromatic heterocycles. The van der Waals surface area contributed by atoms with E-state index < -0.39 is 0 Å². The average Bonchev–Trinajstić information content (AvgIpc) is 2.85. The van der Waals surface area contributed by atoms with E-state index in [1.807, 2.05) is 11.8 Å². The molecular formula is C15H26N2S. The second-order valence-electron chi connectivity index (χ2n) is 6.75. The lowest BCUT2D eigenvalue weighted by Gasteiger charge is -2.33. The van der Waals surface area contributed by atoms with Gasteiger partial charge in [0.2, 0.25) is 0 Å². The Labute approximate surface area is 115 Å². The number of aliphatic imine (C=N–C) groups is 1. The van der Waals surface area contributed by atoms with Crippen molar-refractivity contribution in [3.63, 3.8) is 0 Å². The van der Waals surface area contributed by atoms with Crippen LogP contribution in [0.3, 0.4) is 0 Å². The molecule has 3 heteroatoms. The zero-order valence-electron chi connectivity index (χ0n) is 11.6. The monoisotopic (exact) mass is 266 g/mol. The summed E-state index contributed by atoms with van der Waals surface area (Å²) in [5, 5.41) is 4.93. The maximum Gasteiger partial charge on any atom is 0.156 e. The van der Waals surface area contributed by atoms with Crippen LogP contribution < -0.4 is 5.32 Å². The minimum atomic E-state index is 0.486. The standard InChI is InChI=1S/C15H26N2S/c1-15(8-3-2-4-9-15)11-16-14-17-13-7-5-6-12(13)10-18-14/h12-13H,2-11H2,1H3,(H,16,17). The zero-order valence-corrected chi connectivity index (χ0v) is 12.4. The molecule has 2 nitrogen and oxygen atoms in total. The number of rotatable bonds is 2. The van der Waals surface area contributed by atoms with Gasteiger partial charge in [0.15, 0.2) is 5.17 Å². The van der Waals surface area contributed by atoms with E-state index in [0.717, 1.165) is 18.5 Å². The highest BCUT2D eigenvalue weighted by molar-refractivity contribution is 8.13. The van der Waals surface area contributed by atoms with Crippen molar-refractivity contribution in [3.05, 3.63) is 0 Å². The van der Waals surface area contributed by atoms with Crippen molar-refractivity contribution in [2.75, 3.05) is 12.3 Å². The molecular weight excluding hydrogens is 240 g/mol. The molecule has 3 fully saturated rings. The molecule has 3 aliphatic rings. The van der Waals surface area contributed by atoms with Crippen LogP contribution in [-0.2, 0) is 0 Å². The number of nitrogens with zero attached hydrogens (tertiary/aromatic N) is 1. The molecule has 3 rings (SSSR count). The van der Waals surface area contributed by atoms with Gasteiger partial charge >= 0.3 is 0 Å². The Morgan fingerprint density at radius 1 is 1.22 bits per heavy atom. The first-order chi connectivity index (χ1) is 8.75. The SMILES string of the molecule is CC1(CN=C2NC3CCCC3CS2)CCCCC1. The van der Waals surface area contributed by atoms with Crippen molar-refractivity contribution in [1.82, 2.24) is 5.32 Å². The Morgan fingerprint density at radius 3 is 2.89 bits per heavy atom. The third-order valence-electron chi connectivity index (χ3n) is 5.07. The lowest BCUT2D eigenvalue weighted by molar-refractivity contribution is 0.227. The quantitative estimate of drug-likeness (QED) is 0.821. The zero-order chi connectivity index (χ0) is 12.4. The summed E-state index contributed by atoms with van der Waals surface area (Å²) < 4.78 is 0. The van der Waals surface area contributed by atoms with E-state index in [0.29, 0.717) is 5.41 Å². The minimum Gasteiger partial charge on any atom is -0.362 e. The van der Waals surface area contributed by atoms with Crippen LogP contribution >= 0.6 is 11.8 Å². The van der Waals surface area contributed by atoms with Crippen molar-refractivity contribution in [2.45, 2.75) is 64.3 Å². The van der Waals surface area contributed by atoms with E-state index in [1.165, 1.54) is 62.3 Å². The Kier molecular flexibility index (Phi) is 3.88. The molecule has 0 amide bonds. The highest BCUT2D eigenvalue weighted by Gasteiger charge is 2.32. The summed E-state index contributed by atoms with van der Waals surface area (Å²) in [6, 6.07) is 0.740. The first kappa shape index (κ1) is 12.8. The fourth-order valence-corrected chi connectivity index (χ4v) is 4.89. The summed E-state index contributed by atoms with van der Waals surface area (Å²) in [5.74, 6) is 2.21. The van der Waals surface area contributed by atoms with E-state index in [9.17, 15) is 0 Å². The van der Waals surface area contributed by atoms with Crippen molar-refractivity contribution >= 4 is 16.9 Å². The van der Waals surface area contributed by atoms with Gasteiger partial charge in [0.1, 0.15) is 0 Å². The molecule has 102 valence electrons. The van der Waals surface area contributed by atoms with Gasteiger partial charge < -0.3 is 5.32 Å². The summed E-state index contributed by atoms with van der Waals surface area (Å²) in [6.45, 7) is 3.47. The van der Waals surface area contributed by atoms with Gasteiger partial charge in [0.05, 0.1) is 0 Å². The van der Waals surface area contributed by atoms with Gasteiger partial charge in [-0.25, -0.2) is 0 Å². The number of thioether (sulfide) groups is 1. The number of nitrogens with one attached hydrogen (secondary N) is 1. The van der Waals surface area contributed by atoms with Gasteiger partial charge in [-0.1, -0.05) is 44.4 Å². The predicted octanol–water partition coefficient (Wildman–Crippen LogP) is 3.82. The van der Waals surface area contributed by atoms with Gasteiger partial charge in [0.25, 0.3) is 0 Å². The van der Waals surface area contributed by atoms with Gasteiger partial charge in [-0.2, -0.15) is 0 Å². The maximum absolute atomic E-state index is 4.91. The van der Waals surface area contributed by atoms with E-state index in [2.05, 4.69) is 12.2 Å². The van der Waals surface area contributed by atoms with Crippen molar-refractivity contribution < 1.29 is 0 Å². The second kappa shape index (κ2) is 5.44. The lowest BCUT2D eigenvalue weighted by Crippen LogP contribution is -2.42. The highest BCUT2D eigenvalue weighted by Crippen LogP contribution is 2.37. The Hall–Kier alpha value is -0.180. The molecule has 0 bridgehead atoms. The smallest absolute Gasteiger partial charge is 0.156 e. The summed E-state index contributed by atoms with van der Waals surface area (Å²) in [7, 11) is 0. The topological polar surface area (TPSA) is 24.4 Å². The van der Waals surface area contributed by atoms with Gasteiger partial charge in [-0.05, 0) is 37.0 Å². The molecule has 1 saturated heterocycles. The Morgan fingerprint density at radius 2 is 2.06 bits per heavy atom. The van der Waals surface area contributed by atoms with Crippen LogP contribution in [-0.4, -0.2) is 23.5 Å². The summed E-state index contributed by atoms with van der Waals surface area (Å²) in [6.07, 6.45) is 11.2. The normalized spacial score (nSPS) is 37.3. The predicted molar refractivity (Wildman–Crippen MR) is 80.2 cm³/mol. The van der Waals surface area contributed by atoms with Crippen molar-refractivity contribution in [1.29, 1.82) is 0 Å². The van der Waals surface area contributed by atoms with Crippen molar-refractivity contribution in [3.8, 4) is 0 Å². The van der Waals surface area contributed by atoms with E-state index >= 15 is 0 Å². The summed E-state index contributed by atoms with van der Waals surface area (Å²) >= 11 is 1.97. The Balaban J connectivity index is 1.56. The third kappa shape index (κ3) is 2.87. The van der Waals surface area contributed by atoms with Gasteiger partial charge in [-0.3, -0.25) is 4.99 Å². The number of hydrogen-bond acceptors (Lipinski definition) is 2. The average molecular weight is 266 g/mol. The van der Waals surface area contributed by atoms with Crippen LogP contribution in [0.2, 0.25) is 0 Å². The number of fused-ring (bicyclic) bond motifs is 1. The van der Waals surface area contributed by atoms with E-state index in [4.69, 9.17) is 4.99 Å². The fourth-order valence-electron chi connectivity index (χ4n) is 3.73. The second-order valence-corrected chi connectivity index (χ2v) is 7.75. The number of hydrogen-bond donors (Lipinski definition) is 1. The summed E-state index contributed by atoms with van der Waals surface area (Å²) in [5.41, 5.74) is 0.486. The molecule has 0 aromatic rings. The molecule has 1 N–H and O–H groups in total. The molecule has 1 heterocycles. The minimum absolute atomic E-state index is 0.486. The molecule has 1 aliphatic heterocycles. The molecule has 2 aliphatic carbocycles. The summed E-state index contributed by atoms with van der Waals surface area (Å²) in [4.78, 5) is 4.91. The van der Waals surface area contributed by atoms with Crippen LogP contribution in [0.4, 0.5) is 0 Å². The molecule has 0 radical (unpaired) electrons. The van der Waals surface area contributed by atoms with Crippen LogP contribution in [0.25, 0.3) is 0 Å². The van der Waals surface area contributed by atoms with Crippen LogP contribution in [0.15, 0.2) is 4.99 Å².